The molecule has 2 aromatic heterocycles. The van der Waals surface area contributed by atoms with Crippen LogP contribution in [0, 0.1) is 5.92 Å². The van der Waals surface area contributed by atoms with Crippen molar-refractivity contribution in [2.75, 3.05) is 0 Å². The highest BCUT2D eigenvalue weighted by Gasteiger charge is 2.37. The summed E-state index contributed by atoms with van der Waals surface area (Å²) in [7, 11) is 0. The van der Waals surface area contributed by atoms with Crippen molar-refractivity contribution in [1.29, 1.82) is 0 Å². The van der Waals surface area contributed by atoms with Crippen LogP contribution < -0.4 is 0 Å². The van der Waals surface area contributed by atoms with Crippen LogP contribution in [0.25, 0.3) is 22.5 Å². The van der Waals surface area contributed by atoms with Crippen molar-refractivity contribution in [3.8, 4) is 22.7 Å². The van der Waals surface area contributed by atoms with Crippen LogP contribution >= 0.6 is 0 Å². The van der Waals surface area contributed by atoms with Gasteiger partial charge in [-0.3, -0.25) is 0 Å². The molecule has 2 heterocycles. The fourth-order valence-corrected chi connectivity index (χ4v) is 3.31. The smallest absolute Gasteiger partial charge is 0.177 e. The van der Waals surface area contributed by atoms with Gasteiger partial charge in [-0.15, -0.1) is 10.2 Å². The molecule has 27 heavy (non-hydrogen) atoms. The third-order valence-corrected chi connectivity index (χ3v) is 4.78. The SMILES string of the molecule is C=C(c1ncc(-c2ccc(-n3ccnc3)cc2O)nn1)[C@@H]1C[C@@H](F)C[C@H]1F. The number of nitrogens with zero attached hydrogens (tertiary/aromatic N) is 5. The van der Waals surface area contributed by atoms with E-state index < -0.39 is 18.3 Å². The average Bonchev–Trinajstić information content (AvgIpc) is 3.31. The molecule has 0 spiro atoms. The molecule has 1 saturated carbocycles. The lowest BCUT2D eigenvalue weighted by Gasteiger charge is -2.14. The molecular formula is C19H17F2N5O. The summed E-state index contributed by atoms with van der Waals surface area (Å²) in [6.45, 7) is 3.82. The number of alkyl halides is 2. The third kappa shape index (κ3) is 3.30. The second kappa shape index (κ2) is 6.86. The quantitative estimate of drug-likeness (QED) is 0.761. The first-order chi connectivity index (χ1) is 13.0. The number of halogens is 2. The highest BCUT2D eigenvalue weighted by molar-refractivity contribution is 5.68. The lowest BCUT2D eigenvalue weighted by atomic mass is 9.97. The maximum Gasteiger partial charge on any atom is 0.177 e. The van der Waals surface area contributed by atoms with Crippen molar-refractivity contribution >= 4 is 5.57 Å². The largest absolute Gasteiger partial charge is 0.507 e. The van der Waals surface area contributed by atoms with Crippen LogP contribution in [0.3, 0.4) is 0 Å². The molecule has 0 saturated heterocycles. The highest BCUT2D eigenvalue weighted by atomic mass is 19.1. The number of hydrogen-bond donors (Lipinski definition) is 1. The number of hydrogen-bond acceptors (Lipinski definition) is 5. The van der Waals surface area contributed by atoms with E-state index in [4.69, 9.17) is 0 Å². The minimum Gasteiger partial charge on any atom is -0.507 e. The third-order valence-electron chi connectivity index (χ3n) is 4.78. The van der Waals surface area contributed by atoms with Gasteiger partial charge in [0.1, 0.15) is 23.8 Å². The van der Waals surface area contributed by atoms with Crippen LogP contribution in [-0.4, -0.2) is 42.2 Å². The molecule has 1 aromatic carbocycles. The number of rotatable bonds is 4. The monoisotopic (exact) mass is 369 g/mol. The van der Waals surface area contributed by atoms with Crippen LogP contribution in [-0.2, 0) is 0 Å². The van der Waals surface area contributed by atoms with Gasteiger partial charge in [0.15, 0.2) is 5.82 Å². The molecule has 3 aromatic rings. The summed E-state index contributed by atoms with van der Waals surface area (Å²) < 4.78 is 29.1. The Hall–Kier alpha value is -3.16. The second-order valence-electron chi connectivity index (χ2n) is 6.55. The Morgan fingerprint density at radius 2 is 2.07 bits per heavy atom. The van der Waals surface area contributed by atoms with Gasteiger partial charge in [0.2, 0.25) is 0 Å². The van der Waals surface area contributed by atoms with Gasteiger partial charge < -0.3 is 9.67 Å². The Morgan fingerprint density at radius 1 is 1.22 bits per heavy atom. The second-order valence-corrected chi connectivity index (χ2v) is 6.55. The summed E-state index contributed by atoms with van der Waals surface area (Å²) in [5, 5.41) is 18.4. The van der Waals surface area contributed by atoms with E-state index in [1.54, 1.807) is 41.5 Å². The molecule has 1 fully saturated rings. The van der Waals surface area contributed by atoms with E-state index in [0.717, 1.165) is 5.69 Å². The maximum absolute atomic E-state index is 13.9. The Labute approximate surface area is 154 Å². The molecule has 1 N–H and O–H groups in total. The summed E-state index contributed by atoms with van der Waals surface area (Å²) >= 11 is 0. The van der Waals surface area contributed by atoms with E-state index in [-0.39, 0.29) is 24.4 Å². The van der Waals surface area contributed by atoms with E-state index in [2.05, 4.69) is 26.7 Å². The van der Waals surface area contributed by atoms with Gasteiger partial charge in [-0.05, 0) is 24.1 Å². The van der Waals surface area contributed by atoms with Gasteiger partial charge in [0, 0.05) is 36.4 Å². The number of imidazole rings is 1. The first-order valence-electron chi connectivity index (χ1n) is 8.51. The summed E-state index contributed by atoms with van der Waals surface area (Å²) in [5.74, 6) is -0.422. The van der Waals surface area contributed by atoms with Crippen molar-refractivity contribution in [2.45, 2.75) is 25.2 Å². The summed E-state index contributed by atoms with van der Waals surface area (Å²) in [6, 6.07) is 5.09. The molecule has 0 amide bonds. The normalized spacial score (nSPS) is 22.1. The number of aromatic nitrogens is 5. The van der Waals surface area contributed by atoms with Crippen LogP contribution in [0.5, 0.6) is 5.75 Å². The molecule has 4 rings (SSSR count). The zero-order valence-electron chi connectivity index (χ0n) is 14.3. The van der Waals surface area contributed by atoms with Crippen LogP contribution in [0.4, 0.5) is 8.78 Å². The Morgan fingerprint density at radius 3 is 2.67 bits per heavy atom. The summed E-state index contributed by atoms with van der Waals surface area (Å²) in [4.78, 5) is 8.15. The predicted molar refractivity (Wildman–Crippen MR) is 95.6 cm³/mol. The molecule has 6 nitrogen and oxygen atoms in total. The van der Waals surface area contributed by atoms with Gasteiger partial charge in [-0.1, -0.05) is 6.58 Å². The molecule has 0 aliphatic heterocycles. The topological polar surface area (TPSA) is 76.7 Å². The van der Waals surface area contributed by atoms with Gasteiger partial charge in [0.25, 0.3) is 0 Å². The molecule has 0 radical (unpaired) electrons. The minimum atomic E-state index is -1.28. The first-order valence-corrected chi connectivity index (χ1v) is 8.51. The van der Waals surface area contributed by atoms with Crippen LogP contribution in [0.15, 0.2) is 49.7 Å². The van der Waals surface area contributed by atoms with Crippen molar-refractivity contribution in [3.05, 3.63) is 55.5 Å². The lowest BCUT2D eigenvalue weighted by molar-refractivity contribution is 0.281. The van der Waals surface area contributed by atoms with Crippen LogP contribution in [0.2, 0.25) is 0 Å². The zero-order chi connectivity index (χ0) is 19.0. The summed E-state index contributed by atoms with van der Waals surface area (Å²) in [6.07, 6.45) is 3.99. The minimum absolute atomic E-state index is 0.0174. The summed E-state index contributed by atoms with van der Waals surface area (Å²) in [5.41, 5.74) is 1.92. The van der Waals surface area contributed by atoms with E-state index >= 15 is 0 Å². The van der Waals surface area contributed by atoms with Gasteiger partial charge in [0.05, 0.1) is 18.2 Å². The van der Waals surface area contributed by atoms with Gasteiger partial charge >= 0.3 is 0 Å². The lowest BCUT2D eigenvalue weighted by Crippen LogP contribution is -2.12. The average molecular weight is 369 g/mol. The van der Waals surface area contributed by atoms with Crippen molar-refractivity contribution in [3.63, 3.8) is 0 Å². The van der Waals surface area contributed by atoms with Crippen LogP contribution in [0.1, 0.15) is 18.7 Å². The fraction of sp³-hybridized carbons (Fsp3) is 0.263. The molecule has 138 valence electrons. The van der Waals surface area contributed by atoms with E-state index in [1.807, 2.05) is 0 Å². The van der Waals surface area contributed by atoms with E-state index in [9.17, 15) is 13.9 Å². The maximum atomic E-state index is 13.9. The first kappa shape index (κ1) is 17.3. The molecule has 3 atom stereocenters. The Balaban J connectivity index is 1.56. The number of benzene rings is 1. The van der Waals surface area contributed by atoms with E-state index in [1.165, 1.54) is 6.20 Å². The number of phenolic OH excluding ortho intramolecular Hbond substituents is 1. The fourth-order valence-electron chi connectivity index (χ4n) is 3.31. The van der Waals surface area contributed by atoms with E-state index in [0.29, 0.717) is 16.8 Å². The Bertz CT molecular complexity index is 959. The zero-order valence-corrected chi connectivity index (χ0v) is 14.3. The highest BCUT2D eigenvalue weighted by Crippen LogP contribution is 2.38. The van der Waals surface area contributed by atoms with Crippen molar-refractivity contribution < 1.29 is 13.9 Å². The number of allylic oxidation sites excluding steroid dienone is 1. The molecule has 1 aliphatic carbocycles. The molecule has 0 unspecified atom stereocenters. The van der Waals surface area contributed by atoms with Gasteiger partial charge in [-0.25, -0.2) is 18.7 Å². The Kier molecular flexibility index (Phi) is 4.39. The molecule has 8 heteroatoms. The molecule has 0 bridgehead atoms. The number of aromatic hydroxyl groups is 1. The van der Waals surface area contributed by atoms with Crippen molar-refractivity contribution in [1.82, 2.24) is 24.7 Å². The molecular weight excluding hydrogens is 352 g/mol. The standard InChI is InChI=1S/C19H17F2N5O/c1-11(15-6-12(20)7-16(15)21)19-23-9-17(24-25-19)14-3-2-13(8-18(14)27)26-5-4-22-10-26/h2-5,8-10,12,15-16,27H,1,6-7H2/t12-,15+,16-/m1/s1. The van der Waals surface area contributed by atoms with Crippen molar-refractivity contribution in [2.24, 2.45) is 5.92 Å². The predicted octanol–water partition coefficient (Wildman–Crippen LogP) is 3.53. The van der Waals surface area contributed by atoms with Gasteiger partial charge in [-0.2, -0.15) is 0 Å². The number of phenols is 1. The molecule has 1 aliphatic rings.